The van der Waals surface area contributed by atoms with Crippen LogP contribution in [0.4, 0.5) is 0 Å². The minimum Gasteiger partial charge on any atom is -0.355 e. The van der Waals surface area contributed by atoms with E-state index < -0.39 is 0 Å². The monoisotopic (exact) mass is 456 g/mol. The van der Waals surface area contributed by atoms with Crippen molar-refractivity contribution in [2.45, 2.75) is 38.0 Å². The molecule has 1 aromatic carbocycles. The Bertz CT molecular complexity index is 1160. The highest BCUT2D eigenvalue weighted by Crippen LogP contribution is 2.34. The molecule has 1 saturated heterocycles. The van der Waals surface area contributed by atoms with Gasteiger partial charge in [0.05, 0.1) is 17.0 Å². The van der Waals surface area contributed by atoms with E-state index in [1.54, 1.807) is 0 Å². The largest absolute Gasteiger partial charge is 0.355 e. The Balaban J connectivity index is 1.26. The zero-order valence-electron chi connectivity index (χ0n) is 15.1. The highest BCUT2D eigenvalue weighted by Gasteiger charge is 2.27. The number of hydrogen-bond acceptors (Lipinski definition) is 4. The number of pyridine rings is 1. The highest BCUT2D eigenvalue weighted by atomic mass is 79.9. The van der Waals surface area contributed by atoms with Crippen LogP contribution in [0.3, 0.4) is 0 Å². The van der Waals surface area contributed by atoms with Crippen LogP contribution in [0.5, 0.6) is 0 Å². The van der Waals surface area contributed by atoms with Gasteiger partial charge in [-0.1, -0.05) is 23.7 Å². The fourth-order valence-electron chi connectivity index (χ4n) is 3.90. The van der Waals surface area contributed by atoms with Crippen LogP contribution < -0.4 is 0 Å². The van der Waals surface area contributed by atoms with E-state index in [0.717, 1.165) is 52.1 Å². The van der Waals surface area contributed by atoms with E-state index >= 15 is 0 Å². The smallest absolute Gasteiger partial charge is 0.146 e. The molecule has 5 nitrogen and oxygen atoms in total. The molecule has 4 aromatic rings. The van der Waals surface area contributed by atoms with E-state index in [2.05, 4.69) is 59.7 Å². The number of nitrogens with zero attached hydrogens (tertiary/aromatic N) is 4. The van der Waals surface area contributed by atoms with Gasteiger partial charge < -0.3 is 9.30 Å². The van der Waals surface area contributed by atoms with Gasteiger partial charge in [0, 0.05) is 22.3 Å². The van der Waals surface area contributed by atoms with Crippen molar-refractivity contribution in [1.29, 1.82) is 0 Å². The topological polar surface area (TPSA) is 52.8 Å². The molecule has 4 heterocycles. The van der Waals surface area contributed by atoms with E-state index in [1.165, 1.54) is 11.9 Å². The van der Waals surface area contributed by atoms with Crippen molar-refractivity contribution >= 4 is 49.5 Å². The number of aryl methyl sites for hydroxylation is 1. The molecule has 0 N–H and O–H groups in total. The minimum atomic E-state index is 0.00378. The van der Waals surface area contributed by atoms with Crippen LogP contribution >= 0.6 is 27.5 Å². The van der Waals surface area contributed by atoms with Gasteiger partial charge in [-0.2, -0.15) is 0 Å². The van der Waals surface area contributed by atoms with Crippen LogP contribution in [0.2, 0.25) is 5.15 Å². The molecule has 1 aliphatic rings. The van der Waals surface area contributed by atoms with Gasteiger partial charge >= 0.3 is 0 Å². The molecule has 0 bridgehead atoms. The van der Waals surface area contributed by atoms with Crippen LogP contribution in [0, 0.1) is 0 Å². The lowest BCUT2D eigenvalue weighted by atomic mass is 10.0. The molecule has 0 aliphatic carbocycles. The third-order valence-corrected chi connectivity index (χ3v) is 6.06. The summed E-state index contributed by atoms with van der Waals surface area (Å²) in [4.78, 5) is 12.9. The first-order valence-electron chi connectivity index (χ1n) is 9.34. The molecule has 3 aromatic heterocycles. The Morgan fingerprint density at radius 1 is 1.14 bits per heavy atom. The molecule has 1 fully saturated rings. The van der Waals surface area contributed by atoms with E-state index in [9.17, 15) is 0 Å². The molecule has 0 amide bonds. The number of halogens is 2. The number of rotatable bonds is 4. The normalized spacial score (nSPS) is 19.6. The van der Waals surface area contributed by atoms with E-state index in [0.29, 0.717) is 5.15 Å². The summed E-state index contributed by atoms with van der Waals surface area (Å²) < 4.78 is 9.39. The molecule has 7 heteroatoms. The van der Waals surface area contributed by atoms with Crippen molar-refractivity contribution in [2.24, 2.45) is 0 Å². The Labute approximate surface area is 175 Å². The summed E-state index contributed by atoms with van der Waals surface area (Å²) in [7, 11) is 0. The second-order valence-corrected chi connectivity index (χ2v) is 8.41. The molecule has 142 valence electrons. The van der Waals surface area contributed by atoms with Gasteiger partial charge in [0.15, 0.2) is 0 Å². The number of ether oxygens (including phenoxy) is 1. The van der Waals surface area contributed by atoms with Crippen LogP contribution in [0.15, 0.2) is 53.5 Å². The number of hydrogen-bond donors (Lipinski definition) is 0. The second kappa shape index (κ2) is 7.43. The average Bonchev–Trinajstić information content (AvgIpc) is 3.33. The zero-order chi connectivity index (χ0) is 19.1. The van der Waals surface area contributed by atoms with Crippen molar-refractivity contribution in [3.63, 3.8) is 0 Å². The number of aromatic nitrogens is 4. The lowest BCUT2D eigenvalue weighted by Crippen LogP contribution is -2.12. The van der Waals surface area contributed by atoms with E-state index in [-0.39, 0.29) is 12.3 Å². The Kier molecular flexibility index (Phi) is 4.78. The summed E-state index contributed by atoms with van der Waals surface area (Å²) in [6, 6.07) is 10.5. The number of fused-ring (bicyclic) bond motifs is 2. The lowest BCUT2D eigenvalue weighted by Gasteiger charge is -2.16. The first kappa shape index (κ1) is 18.0. The van der Waals surface area contributed by atoms with Crippen LogP contribution in [0.25, 0.3) is 21.9 Å². The summed E-state index contributed by atoms with van der Waals surface area (Å²) in [5, 5.41) is 2.50. The minimum absolute atomic E-state index is 0.00378. The SMILES string of the molecule is Clc1ncnc2c1ccn2C1CCC(CCc2ccc3cc(Br)cnc3c2)O1. The maximum Gasteiger partial charge on any atom is 0.146 e. The number of benzene rings is 1. The molecule has 2 unspecified atom stereocenters. The fraction of sp³-hybridized carbons (Fsp3) is 0.286. The molecule has 0 radical (unpaired) electrons. The molecule has 0 spiro atoms. The quantitative estimate of drug-likeness (QED) is 0.369. The first-order valence-corrected chi connectivity index (χ1v) is 10.5. The molecule has 28 heavy (non-hydrogen) atoms. The summed E-state index contributed by atoms with van der Waals surface area (Å²) in [5.41, 5.74) is 3.15. The van der Waals surface area contributed by atoms with Gasteiger partial charge in [-0.25, -0.2) is 9.97 Å². The van der Waals surface area contributed by atoms with Gasteiger partial charge in [0.2, 0.25) is 0 Å². The maximum atomic E-state index is 6.32. The Hall–Kier alpha value is -2.02. The molecular weight excluding hydrogens is 440 g/mol. The predicted molar refractivity (Wildman–Crippen MR) is 113 cm³/mol. The van der Waals surface area contributed by atoms with Crippen molar-refractivity contribution in [1.82, 2.24) is 19.5 Å². The summed E-state index contributed by atoms with van der Waals surface area (Å²) in [5.74, 6) is 0. The molecular formula is C21H18BrClN4O. The molecule has 5 rings (SSSR count). The van der Waals surface area contributed by atoms with Crippen LogP contribution in [-0.4, -0.2) is 25.6 Å². The second-order valence-electron chi connectivity index (χ2n) is 7.13. The van der Waals surface area contributed by atoms with Gasteiger partial charge in [-0.05, 0) is 65.4 Å². The van der Waals surface area contributed by atoms with Crippen molar-refractivity contribution < 1.29 is 4.74 Å². The predicted octanol–water partition coefficient (Wildman–Crippen LogP) is 5.71. The molecule has 1 aliphatic heterocycles. The molecule has 0 saturated carbocycles. The summed E-state index contributed by atoms with van der Waals surface area (Å²) >= 11 is 9.63. The first-order chi connectivity index (χ1) is 13.7. The van der Waals surface area contributed by atoms with Gasteiger partial charge in [-0.3, -0.25) is 4.98 Å². The van der Waals surface area contributed by atoms with E-state index in [4.69, 9.17) is 16.3 Å². The summed E-state index contributed by atoms with van der Waals surface area (Å²) in [6.07, 6.45) is 9.57. The fourth-order valence-corrected chi connectivity index (χ4v) is 4.44. The van der Waals surface area contributed by atoms with Gasteiger partial charge in [0.1, 0.15) is 23.4 Å². The third kappa shape index (κ3) is 3.41. The van der Waals surface area contributed by atoms with Crippen molar-refractivity contribution in [3.05, 3.63) is 64.2 Å². The van der Waals surface area contributed by atoms with Crippen LogP contribution in [-0.2, 0) is 11.2 Å². The Morgan fingerprint density at radius 2 is 2.07 bits per heavy atom. The van der Waals surface area contributed by atoms with Crippen molar-refractivity contribution in [2.75, 3.05) is 0 Å². The lowest BCUT2D eigenvalue weighted by molar-refractivity contribution is 0.00120. The zero-order valence-corrected chi connectivity index (χ0v) is 17.4. The van der Waals surface area contributed by atoms with Gasteiger partial charge in [-0.15, -0.1) is 0 Å². The summed E-state index contributed by atoms with van der Waals surface area (Å²) in [6.45, 7) is 0. The maximum absolute atomic E-state index is 6.32. The van der Waals surface area contributed by atoms with Crippen molar-refractivity contribution in [3.8, 4) is 0 Å². The highest BCUT2D eigenvalue weighted by molar-refractivity contribution is 9.10. The van der Waals surface area contributed by atoms with Crippen LogP contribution in [0.1, 0.15) is 31.1 Å². The third-order valence-electron chi connectivity index (χ3n) is 5.33. The van der Waals surface area contributed by atoms with E-state index in [1.807, 2.05) is 18.5 Å². The Morgan fingerprint density at radius 3 is 3.00 bits per heavy atom. The average molecular weight is 458 g/mol. The standard InChI is InChI=1S/C21H18BrClN4O/c22-15-10-14-3-1-13(9-18(14)24-11-15)2-4-16-5-6-19(28-16)27-8-7-17-20(23)25-12-26-21(17)27/h1,3,7-12,16,19H,2,4-6H2. The molecule has 2 atom stereocenters. The van der Waals surface area contributed by atoms with Gasteiger partial charge in [0.25, 0.3) is 0 Å².